The van der Waals surface area contributed by atoms with E-state index in [-0.39, 0.29) is 52.2 Å². The van der Waals surface area contributed by atoms with Gasteiger partial charge in [-0.3, -0.25) is 14.9 Å². The van der Waals surface area contributed by atoms with E-state index in [1.165, 1.54) is 51.7 Å². The monoisotopic (exact) mass is 668 g/mol. The summed E-state index contributed by atoms with van der Waals surface area (Å²) in [5, 5.41) is 15.3. The summed E-state index contributed by atoms with van der Waals surface area (Å²) < 4.78 is 35.0. The summed E-state index contributed by atoms with van der Waals surface area (Å²) >= 11 is 0. The summed E-state index contributed by atoms with van der Waals surface area (Å²) in [7, 11) is 4.22. The Morgan fingerprint density at radius 1 is 0.878 bits per heavy atom. The highest BCUT2D eigenvalue weighted by atomic mass is 16.6. The molecule has 3 aromatic carbocycles. The number of carbonyl (C=O) groups excluding carboxylic acids is 2. The van der Waals surface area contributed by atoms with E-state index >= 15 is 0 Å². The Morgan fingerprint density at radius 2 is 1.55 bits per heavy atom. The molecule has 1 amide bonds. The van der Waals surface area contributed by atoms with E-state index in [2.05, 4.69) is 27.2 Å². The minimum absolute atomic E-state index is 0.0388. The lowest BCUT2D eigenvalue weighted by atomic mass is 10.1. The van der Waals surface area contributed by atoms with Gasteiger partial charge in [-0.2, -0.15) is 5.10 Å². The Bertz CT molecular complexity index is 1980. The van der Waals surface area contributed by atoms with Crippen LogP contribution in [0.5, 0.6) is 28.7 Å². The van der Waals surface area contributed by atoms with E-state index in [1.54, 1.807) is 6.07 Å². The molecule has 2 aromatic heterocycles. The molecule has 0 aliphatic carbocycles. The average molecular weight is 669 g/mol. The number of hydrazone groups is 1. The number of esters is 1. The lowest BCUT2D eigenvalue weighted by Crippen LogP contribution is -2.17. The maximum Gasteiger partial charge on any atom is 0.343 e. The summed E-state index contributed by atoms with van der Waals surface area (Å²) in [6, 6.07) is 21.1. The average Bonchev–Trinajstić information content (AvgIpc) is 3.72. The quantitative estimate of drug-likeness (QED) is 0.0503. The number of nitrogens with zero attached hydrogens (tertiary/aromatic N) is 3. The van der Waals surface area contributed by atoms with Gasteiger partial charge in [0.2, 0.25) is 5.75 Å². The molecule has 0 aliphatic rings. The topological polar surface area (TPSA) is 166 Å². The first-order valence-electron chi connectivity index (χ1n) is 14.7. The molecule has 0 atom stereocenters. The Kier molecular flexibility index (Phi) is 10.3. The lowest BCUT2D eigenvalue weighted by molar-refractivity contribution is -0.384. The van der Waals surface area contributed by atoms with Gasteiger partial charge in [-0.05, 0) is 80.6 Å². The molecule has 5 rings (SSSR count). The predicted molar refractivity (Wildman–Crippen MR) is 177 cm³/mol. The van der Waals surface area contributed by atoms with Crippen LogP contribution in [0.2, 0.25) is 0 Å². The van der Waals surface area contributed by atoms with Crippen molar-refractivity contribution in [1.82, 2.24) is 9.99 Å². The smallest absolute Gasteiger partial charge is 0.343 e. The lowest BCUT2D eigenvalue weighted by Gasteiger charge is -2.14. The van der Waals surface area contributed by atoms with Gasteiger partial charge in [0.05, 0.1) is 38.0 Å². The third kappa shape index (κ3) is 7.71. The molecular weight excluding hydrogens is 636 g/mol. The number of rotatable bonds is 13. The molecule has 14 heteroatoms. The van der Waals surface area contributed by atoms with Crippen LogP contribution in [0.15, 0.2) is 88.4 Å². The highest BCUT2D eigenvalue weighted by molar-refractivity contribution is 5.95. The second kappa shape index (κ2) is 14.9. The Labute approximate surface area is 280 Å². The molecule has 0 saturated heterocycles. The van der Waals surface area contributed by atoms with Gasteiger partial charge in [-0.1, -0.05) is 0 Å². The molecule has 5 aromatic rings. The third-order valence-corrected chi connectivity index (χ3v) is 7.31. The van der Waals surface area contributed by atoms with Crippen molar-refractivity contribution in [3.8, 4) is 34.4 Å². The summed E-state index contributed by atoms with van der Waals surface area (Å²) in [6.45, 7) is 4.15. The SMILES string of the molecule is COc1cc(C(=O)Oc2ccc([N+](=O)[O-])cc2/C=N/NC(=O)c2ccc(COc3ccc(-n4c(C)ccc4C)cc3)o2)cc(OC)c1OC. The molecule has 2 heterocycles. The van der Waals surface area contributed by atoms with Crippen LogP contribution in [-0.4, -0.2) is 48.9 Å². The number of nitro groups is 1. The molecule has 0 fully saturated rings. The number of aryl methyl sites for hydroxylation is 2. The fourth-order valence-electron chi connectivity index (χ4n) is 4.92. The van der Waals surface area contributed by atoms with E-state index in [0.717, 1.165) is 29.4 Å². The predicted octanol–water partition coefficient (Wildman–Crippen LogP) is 6.18. The van der Waals surface area contributed by atoms with E-state index in [1.807, 2.05) is 38.1 Å². The minimum Gasteiger partial charge on any atom is -0.493 e. The van der Waals surface area contributed by atoms with Crippen molar-refractivity contribution in [2.75, 3.05) is 21.3 Å². The molecule has 0 saturated carbocycles. The van der Waals surface area contributed by atoms with Crippen molar-refractivity contribution in [3.63, 3.8) is 0 Å². The number of furan rings is 1. The Balaban J connectivity index is 1.24. The zero-order chi connectivity index (χ0) is 35.1. The number of ether oxygens (including phenoxy) is 5. The number of hydrogen-bond acceptors (Lipinski definition) is 11. The number of carbonyl (C=O) groups is 2. The first-order chi connectivity index (χ1) is 23.6. The van der Waals surface area contributed by atoms with Crippen molar-refractivity contribution >= 4 is 23.8 Å². The van der Waals surface area contributed by atoms with Gasteiger partial charge >= 0.3 is 11.9 Å². The van der Waals surface area contributed by atoms with Crippen molar-refractivity contribution in [2.24, 2.45) is 5.10 Å². The zero-order valence-corrected chi connectivity index (χ0v) is 27.2. The summed E-state index contributed by atoms with van der Waals surface area (Å²) in [4.78, 5) is 36.6. The Hall–Kier alpha value is -6.57. The van der Waals surface area contributed by atoms with Crippen LogP contribution in [0.3, 0.4) is 0 Å². The van der Waals surface area contributed by atoms with E-state index in [9.17, 15) is 19.7 Å². The third-order valence-electron chi connectivity index (χ3n) is 7.31. The molecule has 0 unspecified atom stereocenters. The van der Waals surface area contributed by atoms with Crippen LogP contribution in [0.1, 0.15) is 43.6 Å². The number of amides is 1. The summed E-state index contributed by atoms with van der Waals surface area (Å²) in [6.07, 6.45) is 1.11. The van der Waals surface area contributed by atoms with Gasteiger partial charge in [-0.25, -0.2) is 10.2 Å². The normalized spacial score (nSPS) is 10.9. The van der Waals surface area contributed by atoms with Crippen LogP contribution in [0.25, 0.3) is 5.69 Å². The van der Waals surface area contributed by atoms with Crippen molar-refractivity contribution in [3.05, 3.63) is 123 Å². The summed E-state index contributed by atoms with van der Waals surface area (Å²) in [5.74, 6) is 0.130. The molecule has 0 radical (unpaired) electrons. The molecule has 0 aliphatic heterocycles. The maximum atomic E-state index is 13.1. The van der Waals surface area contributed by atoms with Crippen LogP contribution < -0.4 is 29.1 Å². The van der Waals surface area contributed by atoms with Crippen molar-refractivity contribution < 1.29 is 42.6 Å². The van der Waals surface area contributed by atoms with E-state index < -0.39 is 16.8 Å². The van der Waals surface area contributed by atoms with Gasteiger partial charge in [-0.15, -0.1) is 0 Å². The molecule has 49 heavy (non-hydrogen) atoms. The van der Waals surface area contributed by atoms with E-state index in [0.29, 0.717) is 11.5 Å². The molecule has 252 valence electrons. The number of nitro benzene ring substituents is 1. The first-order valence-corrected chi connectivity index (χ1v) is 14.7. The minimum atomic E-state index is -0.820. The van der Waals surface area contributed by atoms with Crippen LogP contribution >= 0.6 is 0 Å². The number of hydrogen-bond donors (Lipinski definition) is 1. The maximum absolute atomic E-state index is 13.1. The number of aromatic nitrogens is 1. The van der Waals surface area contributed by atoms with Gasteiger partial charge in [0.25, 0.3) is 5.69 Å². The molecule has 0 spiro atoms. The van der Waals surface area contributed by atoms with Crippen LogP contribution in [0.4, 0.5) is 5.69 Å². The molecular formula is C35H32N4O10. The van der Waals surface area contributed by atoms with Gasteiger partial charge in [0, 0.05) is 34.8 Å². The van der Waals surface area contributed by atoms with Gasteiger partial charge < -0.3 is 32.7 Å². The van der Waals surface area contributed by atoms with Crippen LogP contribution in [0, 0.1) is 24.0 Å². The van der Waals surface area contributed by atoms with Crippen molar-refractivity contribution in [2.45, 2.75) is 20.5 Å². The second-order valence-electron chi connectivity index (χ2n) is 10.5. The molecule has 0 bridgehead atoms. The Morgan fingerprint density at radius 3 is 2.16 bits per heavy atom. The van der Waals surface area contributed by atoms with Crippen LogP contribution in [-0.2, 0) is 6.61 Å². The fraction of sp³-hybridized carbons (Fsp3) is 0.171. The summed E-state index contributed by atoms with van der Waals surface area (Å²) in [5.41, 5.74) is 5.37. The van der Waals surface area contributed by atoms with Gasteiger partial charge in [0.15, 0.2) is 17.3 Å². The number of benzene rings is 3. The zero-order valence-electron chi connectivity index (χ0n) is 27.2. The number of methoxy groups -OCH3 is 3. The standard InChI is InChI=1S/C35H32N4O10/c1-21-6-7-22(2)38(21)25-8-11-27(12-9-25)47-20-28-13-15-30(48-28)34(40)37-36-19-24-16-26(39(42)43)10-14-29(24)49-35(41)23-17-31(44-3)33(46-5)32(18-23)45-4/h6-19H,20H2,1-5H3,(H,37,40)/b36-19+. The molecule has 1 N–H and O–H groups in total. The van der Waals surface area contributed by atoms with E-state index in [4.69, 9.17) is 28.1 Å². The highest BCUT2D eigenvalue weighted by Gasteiger charge is 2.20. The number of non-ortho nitro benzene ring substituents is 1. The second-order valence-corrected chi connectivity index (χ2v) is 10.5. The number of nitrogens with one attached hydrogen (secondary N) is 1. The van der Waals surface area contributed by atoms with Crippen molar-refractivity contribution in [1.29, 1.82) is 0 Å². The molecule has 14 nitrogen and oxygen atoms in total. The van der Waals surface area contributed by atoms with Gasteiger partial charge in [0.1, 0.15) is 23.9 Å². The largest absolute Gasteiger partial charge is 0.493 e. The first kappa shape index (κ1) is 33.8. The fourth-order valence-corrected chi connectivity index (χ4v) is 4.92. The highest BCUT2D eigenvalue weighted by Crippen LogP contribution is 2.38.